The molecule has 0 radical (unpaired) electrons. The highest BCUT2D eigenvalue weighted by atomic mass is 16.6. The van der Waals surface area contributed by atoms with Crippen LogP contribution in [0.5, 0.6) is 0 Å². The fourth-order valence-electron chi connectivity index (χ4n) is 1.23. The first kappa shape index (κ1) is 17.0. The average Bonchev–Trinajstić information content (AvgIpc) is 2.25. The molecule has 0 aromatic rings. The van der Waals surface area contributed by atoms with Gasteiger partial charge in [-0.15, -0.1) is 0 Å². The normalized spacial score (nSPS) is 14.3. The topological polar surface area (TPSA) is 69.0 Å². The molecular weight excluding hydrogens is 248 g/mol. The van der Waals surface area contributed by atoms with Crippen molar-refractivity contribution < 1.29 is 19.1 Å². The van der Waals surface area contributed by atoms with Gasteiger partial charge in [0.15, 0.2) is 5.54 Å². The van der Waals surface area contributed by atoms with Crippen LogP contribution in [0, 0.1) is 6.57 Å². The second-order valence-electron chi connectivity index (χ2n) is 5.06. The van der Waals surface area contributed by atoms with E-state index in [1.807, 2.05) is 0 Å². The van der Waals surface area contributed by atoms with Gasteiger partial charge in [-0.2, -0.15) is 0 Å². The number of carbonyl (C=O) groups is 2. The van der Waals surface area contributed by atoms with Crippen LogP contribution in [0.4, 0.5) is 4.79 Å². The summed E-state index contributed by atoms with van der Waals surface area (Å²) in [7, 11) is 1.22. The number of rotatable bonds is 4. The highest BCUT2D eigenvalue weighted by Gasteiger charge is 2.35. The molecule has 0 spiro atoms. The van der Waals surface area contributed by atoms with Crippen LogP contribution in [0.2, 0.25) is 0 Å². The molecule has 0 saturated carbocycles. The Bertz CT molecular complexity index is 404. The molecule has 0 aromatic heterocycles. The molecule has 1 N–H and O–H groups in total. The van der Waals surface area contributed by atoms with Crippen molar-refractivity contribution in [2.45, 2.75) is 38.8 Å². The number of ether oxygens (including phenoxy) is 2. The molecule has 0 aliphatic rings. The van der Waals surface area contributed by atoms with Crippen LogP contribution in [0.15, 0.2) is 12.2 Å². The first-order valence-electron chi connectivity index (χ1n) is 5.75. The lowest BCUT2D eigenvalue weighted by Gasteiger charge is -2.27. The SMILES string of the molecule is [C-]#[N+]CC=C[C@@](C)(NC(=O)OC(C)(C)C)C(=O)OC. The minimum Gasteiger partial charge on any atom is -0.467 e. The molecule has 6 nitrogen and oxygen atoms in total. The molecule has 1 amide bonds. The predicted octanol–water partition coefficient (Wildman–Crippen LogP) is 1.92. The molecule has 6 heteroatoms. The molecule has 0 rings (SSSR count). The molecule has 0 saturated heterocycles. The lowest BCUT2D eigenvalue weighted by molar-refractivity contribution is -0.145. The molecule has 0 unspecified atom stereocenters. The number of hydrogen-bond donors (Lipinski definition) is 1. The smallest absolute Gasteiger partial charge is 0.408 e. The lowest BCUT2D eigenvalue weighted by Crippen LogP contribution is -2.52. The number of amides is 1. The summed E-state index contributed by atoms with van der Waals surface area (Å²) in [5.74, 6) is -0.639. The van der Waals surface area contributed by atoms with Gasteiger partial charge < -0.3 is 19.6 Å². The molecular formula is C13H20N2O4. The summed E-state index contributed by atoms with van der Waals surface area (Å²) in [6.07, 6.45) is 2.18. The Kier molecular flexibility index (Phi) is 6.06. The standard InChI is InChI=1S/C13H20N2O4/c1-12(2,3)19-11(17)15-13(4,10(16)18-6)8-7-9-14-5/h7-8H,9H2,1-4,6H3,(H,15,17)/t13-/m1/s1. The predicted molar refractivity (Wildman–Crippen MR) is 70.4 cm³/mol. The molecule has 0 fully saturated rings. The van der Waals surface area contributed by atoms with Crippen LogP contribution < -0.4 is 5.32 Å². The zero-order chi connectivity index (χ0) is 15.1. The fourth-order valence-corrected chi connectivity index (χ4v) is 1.23. The van der Waals surface area contributed by atoms with Crippen molar-refractivity contribution in [3.63, 3.8) is 0 Å². The Hall–Kier alpha value is -2.03. The zero-order valence-electron chi connectivity index (χ0n) is 11.9. The highest BCUT2D eigenvalue weighted by molar-refractivity contribution is 5.87. The number of nitrogens with zero attached hydrogens (tertiary/aromatic N) is 1. The van der Waals surface area contributed by atoms with Gasteiger partial charge in [-0.3, -0.25) is 0 Å². The van der Waals surface area contributed by atoms with Gasteiger partial charge in [0.05, 0.1) is 7.11 Å². The van der Waals surface area contributed by atoms with Gasteiger partial charge in [-0.1, -0.05) is 0 Å². The summed E-state index contributed by atoms with van der Waals surface area (Å²) in [4.78, 5) is 26.5. The van der Waals surface area contributed by atoms with Crippen LogP contribution in [-0.2, 0) is 14.3 Å². The summed E-state index contributed by atoms with van der Waals surface area (Å²) in [5, 5.41) is 2.43. The van der Waals surface area contributed by atoms with Crippen LogP contribution in [0.1, 0.15) is 27.7 Å². The van der Waals surface area contributed by atoms with Crippen molar-refractivity contribution in [1.82, 2.24) is 5.32 Å². The number of alkyl carbamates (subject to hydrolysis) is 1. The monoisotopic (exact) mass is 268 g/mol. The van der Waals surface area contributed by atoms with Gasteiger partial charge >= 0.3 is 12.1 Å². The summed E-state index contributed by atoms with van der Waals surface area (Å²) < 4.78 is 9.72. The summed E-state index contributed by atoms with van der Waals surface area (Å²) in [6.45, 7) is 13.4. The van der Waals surface area contributed by atoms with Crippen LogP contribution in [0.25, 0.3) is 4.85 Å². The fraction of sp³-hybridized carbons (Fsp3) is 0.615. The summed E-state index contributed by atoms with van der Waals surface area (Å²) in [5.41, 5.74) is -2.02. The Balaban J connectivity index is 4.93. The van der Waals surface area contributed by atoms with E-state index in [4.69, 9.17) is 11.3 Å². The van der Waals surface area contributed by atoms with Crippen molar-refractivity contribution in [2.24, 2.45) is 0 Å². The maximum Gasteiger partial charge on any atom is 0.408 e. The number of nitrogens with one attached hydrogen (secondary N) is 1. The Morgan fingerprint density at radius 1 is 1.32 bits per heavy atom. The molecule has 0 aliphatic heterocycles. The van der Waals surface area contributed by atoms with Crippen LogP contribution in [0.3, 0.4) is 0 Å². The zero-order valence-corrected chi connectivity index (χ0v) is 11.9. The van der Waals surface area contributed by atoms with E-state index in [1.165, 1.54) is 26.2 Å². The maximum atomic E-state index is 11.7. The minimum atomic E-state index is -1.36. The summed E-state index contributed by atoms with van der Waals surface area (Å²) >= 11 is 0. The van der Waals surface area contributed by atoms with E-state index in [2.05, 4.69) is 14.9 Å². The molecule has 0 aromatic carbocycles. The van der Waals surface area contributed by atoms with E-state index < -0.39 is 23.2 Å². The summed E-state index contributed by atoms with van der Waals surface area (Å²) in [6, 6.07) is 0. The largest absolute Gasteiger partial charge is 0.467 e. The van der Waals surface area contributed by atoms with Gasteiger partial charge in [0.2, 0.25) is 6.54 Å². The van der Waals surface area contributed by atoms with Gasteiger partial charge in [0.1, 0.15) is 5.60 Å². The average molecular weight is 268 g/mol. The third-order valence-electron chi connectivity index (χ3n) is 2.02. The quantitative estimate of drug-likeness (QED) is 0.480. The first-order chi connectivity index (χ1) is 8.64. The van der Waals surface area contributed by atoms with Crippen molar-refractivity contribution in [3.8, 4) is 0 Å². The first-order valence-corrected chi connectivity index (χ1v) is 5.75. The molecule has 0 bridgehead atoms. The van der Waals surface area contributed by atoms with E-state index in [9.17, 15) is 9.59 Å². The highest BCUT2D eigenvalue weighted by Crippen LogP contribution is 2.12. The van der Waals surface area contributed by atoms with Gasteiger partial charge in [-0.25, -0.2) is 16.2 Å². The Morgan fingerprint density at radius 2 is 1.89 bits per heavy atom. The number of carbonyl (C=O) groups excluding carboxylic acids is 2. The van der Waals surface area contributed by atoms with Crippen LogP contribution in [-0.4, -0.2) is 36.9 Å². The lowest BCUT2D eigenvalue weighted by atomic mass is 10.0. The minimum absolute atomic E-state index is 0.114. The molecule has 1 atom stereocenters. The second-order valence-corrected chi connectivity index (χ2v) is 5.06. The van der Waals surface area contributed by atoms with Gasteiger partial charge in [0, 0.05) is 0 Å². The van der Waals surface area contributed by atoms with Crippen molar-refractivity contribution in [2.75, 3.05) is 13.7 Å². The van der Waals surface area contributed by atoms with Gasteiger partial charge in [-0.05, 0) is 39.8 Å². The number of methoxy groups -OCH3 is 1. The Morgan fingerprint density at radius 3 is 2.32 bits per heavy atom. The maximum absolute atomic E-state index is 11.7. The number of hydrogen-bond acceptors (Lipinski definition) is 4. The molecule has 0 heterocycles. The molecule has 106 valence electrons. The van der Waals surface area contributed by atoms with E-state index in [1.54, 1.807) is 20.8 Å². The van der Waals surface area contributed by atoms with E-state index in [0.29, 0.717) is 0 Å². The third kappa shape index (κ3) is 6.46. The molecule has 19 heavy (non-hydrogen) atoms. The van der Waals surface area contributed by atoms with E-state index >= 15 is 0 Å². The van der Waals surface area contributed by atoms with E-state index in [0.717, 1.165) is 0 Å². The number of esters is 1. The van der Waals surface area contributed by atoms with Crippen molar-refractivity contribution in [1.29, 1.82) is 0 Å². The van der Waals surface area contributed by atoms with Crippen molar-refractivity contribution >= 4 is 12.1 Å². The van der Waals surface area contributed by atoms with Gasteiger partial charge in [0.25, 0.3) is 0 Å². The van der Waals surface area contributed by atoms with E-state index in [-0.39, 0.29) is 6.54 Å². The second kappa shape index (κ2) is 6.78. The molecule has 0 aliphatic carbocycles. The Labute approximate surface area is 113 Å². The third-order valence-corrected chi connectivity index (χ3v) is 2.02. The van der Waals surface area contributed by atoms with Crippen LogP contribution >= 0.6 is 0 Å². The van der Waals surface area contributed by atoms with Crippen molar-refractivity contribution in [3.05, 3.63) is 23.6 Å².